The van der Waals surface area contributed by atoms with Crippen molar-refractivity contribution in [2.24, 2.45) is 0 Å². The molecule has 2 aromatic rings. The Kier molecular flexibility index (Phi) is 5.18. The first-order chi connectivity index (χ1) is 10.8. The van der Waals surface area contributed by atoms with Crippen LogP contribution in [-0.2, 0) is 14.8 Å². The maximum Gasteiger partial charge on any atom is 0.241 e. The third-order valence-electron chi connectivity index (χ3n) is 3.45. The normalized spacial score (nSPS) is 12.7. The highest BCUT2D eigenvalue weighted by molar-refractivity contribution is 7.89. The maximum absolute atomic E-state index is 12.5. The van der Waals surface area contributed by atoms with E-state index in [1.54, 1.807) is 26.0 Å². The summed E-state index contributed by atoms with van der Waals surface area (Å²) in [5, 5.41) is 2.66. The summed E-state index contributed by atoms with van der Waals surface area (Å²) in [5.41, 5.74) is 2.19. The van der Waals surface area contributed by atoms with Crippen LogP contribution in [0.4, 0.5) is 5.69 Å². The van der Waals surface area contributed by atoms with E-state index >= 15 is 0 Å². The molecule has 0 spiro atoms. The topological polar surface area (TPSA) is 75.3 Å². The number of rotatable bonds is 5. The fraction of sp³-hybridized carbons (Fsp3) is 0.235. The molecule has 2 aromatic carbocycles. The molecule has 0 radical (unpaired) electrons. The zero-order valence-electron chi connectivity index (χ0n) is 13.3. The van der Waals surface area contributed by atoms with Gasteiger partial charge in [0, 0.05) is 18.7 Å². The van der Waals surface area contributed by atoms with Crippen molar-refractivity contribution in [1.29, 1.82) is 0 Å². The molecule has 0 bridgehead atoms. The smallest absolute Gasteiger partial charge is 0.241 e. The fourth-order valence-electron chi connectivity index (χ4n) is 2.24. The van der Waals surface area contributed by atoms with Gasteiger partial charge in [0.1, 0.15) is 0 Å². The molecule has 23 heavy (non-hydrogen) atoms. The van der Waals surface area contributed by atoms with Crippen LogP contribution in [-0.4, -0.2) is 14.3 Å². The molecule has 1 amide bonds. The van der Waals surface area contributed by atoms with E-state index in [1.165, 1.54) is 13.0 Å². The van der Waals surface area contributed by atoms with Crippen LogP contribution in [0, 0.1) is 6.92 Å². The zero-order valence-corrected chi connectivity index (χ0v) is 14.1. The van der Waals surface area contributed by atoms with Crippen LogP contribution in [0.1, 0.15) is 31.0 Å². The molecular formula is C17H20N2O3S. The Morgan fingerprint density at radius 3 is 2.30 bits per heavy atom. The Labute approximate surface area is 136 Å². The minimum atomic E-state index is -3.64. The average molecular weight is 332 g/mol. The van der Waals surface area contributed by atoms with Crippen molar-refractivity contribution < 1.29 is 13.2 Å². The quantitative estimate of drug-likeness (QED) is 0.884. The van der Waals surface area contributed by atoms with Gasteiger partial charge in [-0.15, -0.1) is 0 Å². The van der Waals surface area contributed by atoms with E-state index in [2.05, 4.69) is 10.0 Å². The summed E-state index contributed by atoms with van der Waals surface area (Å²) in [6.45, 7) is 4.96. The van der Waals surface area contributed by atoms with Gasteiger partial charge < -0.3 is 5.32 Å². The van der Waals surface area contributed by atoms with Crippen molar-refractivity contribution in [1.82, 2.24) is 4.72 Å². The predicted molar refractivity (Wildman–Crippen MR) is 90.7 cm³/mol. The number of carbonyl (C=O) groups excluding carboxylic acids is 1. The molecule has 2 rings (SSSR count). The number of nitrogens with one attached hydrogen (secondary N) is 2. The Hall–Kier alpha value is -2.18. The van der Waals surface area contributed by atoms with Crippen LogP contribution in [0.3, 0.4) is 0 Å². The average Bonchev–Trinajstić information content (AvgIpc) is 2.49. The molecule has 0 aromatic heterocycles. The van der Waals surface area contributed by atoms with E-state index in [4.69, 9.17) is 0 Å². The summed E-state index contributed by atoms with van der Waals surface area (Å²) < 4.78 is 27.7. The molecule has 1 atom stereocenters. The highest BCUT2D eigenvalue weighted by atomic mass is 32.2. The molecule has 5 nitrogen and oxygen atoms in total. The number of aryl methyl sites for hydroxylation is 1. The first-order valence-electron chi connectivity index (χ1n) is 7.25. The summed E-state index contributed by atoms with van der Waals surface area (Å²) in [4.78, 5) is 11.3. The highest BCUT2D eigenvalue weighted by Gasteiger charge is 2.19. The Balaban J connectivity index is 2.23. The minimum Gasteiger partial charge on any atom is -0.326 e. The van der Waals surface area contributed by atoms with E-state index in [1.807, 2.05) is 30.3 Å². The third-order valence-corrected chi connectivity index (χ3v) is 4.99. The van der Waals surface area contributed by atoms with Crippen molar-refractivity contribution >= 4 is 21.6 Å². The van der Waals surface area contributed by atoms with Crippen LogP contribution in [0.15, 0.2) is 53.4 Å². The summed E-state index contributed by atoms with van der Waals surface area (Å²) in [7, 11) is -3.64. The molecule has 0 aliphatic heterocycles. The first kappa shape index (κ1) is 17.2. The van der Waals surface area contributed by atoms with Crippen molar-refractivity contribution in [3.8, 4) is 0 Å². The van der Waals surface area contributed by atoms with Gasteiger partial charge in [-0.25, -0.2) is 13.1 Å². The lowest BCUT2D eigenvalue weighted by molar-refractivity contribution is -0.114. The minimum absolute atomic E-state index is 0.173. The largest absolute Gasteiger partial charge is 0.326 e. The second kappa shape index (κ2) is 6.93. The molecule has 2 N–H and O–H groups in total. The first-order valence-corrected chi connectivity index (χ1v) is 8.73. The van der Waals surface area contributed by atoms with Gasteiger partial charge in [0.15, 0.2) is 0 Å². The van der Waals surface area contributed by atoms with E-state index < -0.39 is 10.0 Å². The maximum atomic E-state index is 12.5. The number of benzene rings is 2. The Morgan fingerprint density at radius 2 is 1.74 bits per heavy atom. The Morgan fingerprint density at radius 1 is 1.09 bits per heavy atom. The van der Waals surface area contributed by atoms with Gasteiger partial charge in [-0.2, -0.15) is 0 Å². The van der Waals surface area contributed by atoms with Gasteiger partial charge in [-0.1, -0.05) is 30.3 Å². The highest BCUT2D eigenvalue weighted by Crippen LogP contribution is 2.21. The van der Waals surface area contributed by atoms with Crippen LogP contribution < -0.4 is 10.0 Å². The van der Waals surface area contributed by atoms with Crippen molar-refractivity contribution in [3.05, 3.63) is 59.7 Å². The van der Waals surface area contributed by atoms with Crippen molar-refractivity contribution in [2.75, 3.05) is 5.32 Å². The van der Waals surface area contributed by atoms with Crippen LogP contribution >= 0.6 is 0 Å². The summed E-state index contributed by atoms with van der Waals surface area (Å²) >= 11 is 0. The summed E-state index contributed by atoms with van der Waals surface area (Å²) in [6, 6.07) is 13.7. The number of sulfonamides is 1. The molecule has 0 fully saturated rings. The third kappa shape index (κ3) is 4.40. The fourth-order valence-corrected chi connectivity index (χ4v) is 3.56. The molecule has 0 aliphatic carbocycles. The number of hydrogen-bond donors (Lipinski definition) is 2. The standard InChI is InChI=1S/C17H20N2O3S/c1-12-11-16(9-10-17(12)18-14(3)20)23(21,22)19-13(2)15-7-5-4-6-8-15/h4-11,13,19H,1-3H3,(H,18,20)/t13-/m0/s1. The Bertz CT molecular complexity index is 802. The van der Waals surface area contributed by atoms with E-state index in [-0.39, 0.29) is 16.8 Å². The second-order valence-corrected chi connectivity index (χ2v) is 7.13. The predicted octanol–water partition coefficient (Wildman–Crippen LogP) is 2.99. The van der Waals surface area contributed by atoms with Crippen LogP contribution in [0.5, 0.6) is 0 Å². The lowest BCUT2D eigenvalue weighted by Crippen LogP contribution is -2.27. The number of hydrogen-bond acceptors (Lipinski definition) is 3. The molecule has 0 heterocycles. The molecule has 0 unspecified atom stereocenters. The van der Waals surface area contributed by atoms with Crippen LogP contribution in [0.25, 0.3) is 0 Å². The lowest BCUT2D eigenvalue weighted by atomic mass is 10.1. The van der Waals surface area contributed by atoms with Gasteiger partial charge in [-0.05, 0) is 43.2 Å². The molecule has 0 saturated heterocycles. The van der Waals surface area contributed by atoms with Crippen molar-refractivity contribution in [2.45, 2.75) is 31.7 Å². The van der Waals surface area contributed by atoms with Gasteiger partial charge in [0.2, 0.25) is 15.9 Å². The van der Waals surface area contributed by atoms with Gasteiger partial charge in [0.25, 0.3) is 0 Å². The second-order valence-electron chi connectivity index (χ2n) is 5.41. The summed E-state index contributed by atoms with van der Waals surface area (Å²) in [6.07, 6.45) is 0. The number of amides is 1. The molecule has 0 aliphatic rings. The molecule has 0 saturated carbocycles. The number of carbonyl (C=O) groups is 1. The monoisotopic (exact) mass is 332 g/mol. The zero-order chi connectivity index (χ0) is 17.0. The SMILES string of the molecule is CC(=O)Nc1ccc(S(=O)(=O)N[C@@H](C)c2ccccc2)cc1C. The number of anilines is 1. The van der Waals surface area contributed by atoms with Crippen LogP contribution in [0.2, 0.25) is 0 Å². The summed E-state index contributed by atoms with van der Waals surface area (Å²) in [5.74, 6) is -0.195. The van der Waals surface area contributed by atoms with Crippen molar-refractivity contribution in [3.63, 3.8) is 0 Å². The molecule has 122 valence electrons. The van der Waals surface area contributed by atoms with Gasteiger partial charge in [-0.3, -0.25) is 4.79 Å². The lowest BCUT2D eigenvalue weighted by Gasteiger charge is -2.15. The van der Waals surface area contributed by atoms with E-state index in [0.29, 0.717) is 11.3 Å². The molecule has 6 heteroatoms. The van der Waals surface area contributed by atoms with Gasteiger partial charge >= 0.3 is 0 Å². The molecular weight excluding hydrogens is 312 g/mol. The van der Waals surface area contributed by atoms with Gasteiger partial charge in [0.05, 0.1) is 4.90 Å². The van der Waals surface area contributed by atoms with E-state index in [9.17, 15) is 13.2 Å². The van der Waals surface area contributed by atoms with E-state index in [0.717, 1.165) is 5.56 Å².